The zero-order valence-corrected chi connectivity index (χ0v) is 12.6. The van der Waals surface area contributed by atoms with Crippen LogP contribution in [0.25, 0.3) is 21.8 Å². The highest BCUT2D eigenvalue weighted by Gasteiger charge is 2.15. The summed E-state index contributed by atoms with van der Waals surface area (Å²) in [6, 6.07) is 3.25. The number of nitrogens with zero attached hydrogens (tertiary/aromatic N) is 2. The maximum absolute atomic E-state index is 12.1. The molecule has 0 unspecified atom stereocenters. The highest BCUT2D eigenvalue weighted by molar-refractivity contribution is 6.13. The summed E-state index contributed by atoms with van der Waals surface area (Å²) in [6.45, 7) is 1.49. The van der Waals surface area contributed by atoms with E-state index in [1.54, 1.807) is 25.3 Å². The third-order valence-electron chi connectivity index (χ3n) is 3.68. The third-order valence-corrected chi connectivity index (χ3v) is 3.68. The van der Waals surface area contributed by atoms with Crippen LogP contribution in [0.2, 0.25) is 0 Å². The molecule has 3 aromatic rings. The van der Waals surface area contributed by atoms with Gasteiger partial charge in [-0.05, 0) is 12.1 Å². The Morgan fingerprint density at radius 1 is 1.39 bits per heavy atom. The Balaban J connectivity index is 2.38. The number of hydrogen-bond donors (Lipinski definition) is 3. The molecule has 0 radical (unpaired) electrons. The average molecular weight is 312 g/mol. The molecule has 7 nitrogen and oxygen atoms in total. The van der Waals surface area contributed by atoms with Crippen molar-refractivity contribution in [2.45, 2.75) is 19.8 Å². The predicted molar refractivity (Wildman–Crippen MR) is 86.1 cm³/mol. The first kappa shape index (κ1) is 15.1. The van der Waals surface area contributed by atoms with Crippen LogP contribution in [0.1, 0.15) is 30.3 Å². The van der Waals surface area contributed by atoms with Gasteiger partial charge in [-0.15, -0.1) is 0 Å². The zero-order chi connectivity index (χ0) is 16.6. The summed E-state index contributed by atoms with van der Waals surface area (Å²) in [5, 5.41) is 10.8. The first-order valence-electron chi connectivity index (χ1n) is 7.30. The summed E-state index contributed by atoms with van der Waals surface area (Å²) in [5.74, 6) is -0.502. The van der Waals surface area contributed by atoms with Gasteiger partial charge in [0.05, 0.1) is 34.4 Å². The van der Waals surface area contributed by atoms with Crippen molar-refractivity contribution >= 4 is 39.2 Å². The van der Waals surface area contributed by atoms with Gasteiger partial charge in [-0.1, -0.05) is 6.92 Å². The molecule has 1 aromatic carbocycles. The Bertz CT molecular complexity index is 974. The molecule has 2 heterocycles. The van der Waals surface area contributed by atoms with E-state index in [0.717, 1.165) is 10.8 Å². The molecule has 0 atom stereocenters. The Morgan fingerprint density at radius 3 is 2.87 bits per heavy atom. The fraction of sp³-hybridized carbons (Fsp3) is 0.250. The molecule has 0 spiro atoms. The molecular formula is C16H16N4O3. The summed E-state index contributed by atoms with van der Waals surface area (Å²) < 4.78 is 0. The van der Waals surface area contributed by atoms with Crippen LogP contribution < -0.4 is 11.1 Å². The largest absolute Gasteiger partial charge is 0.397 e. The molecular weight excluding hydrogens is 296 g/mol. The van der Waals surface area contributed by atoms with E-state index >= 15 is 0 Å². The van der Waals surface area contributed by atoms with Crippen LogP contribution in [-0.4, -0.2) is 33.4 Å². The number of aliphatic hydroxyl groups excluding tert-OH is 1. The number of aromatic nitrogens is 2. The van der Waals surface area contributed by atoms with Crippen LogP contribution in [0, 0.1) is 0 Å². The van der Waals surface area contributed by atoms with Gasteiger partial charge in [0.25, 0.3) is 0 Å². The lowest BCUT2D eigenvalue weighted by Crippen LogP contribution is -2.13. The molecule has 7 heteroatoms. The molecule has 0 bridgehead atoms. The molecule has 0 saturated carbocycles. The SMILES string of the molecule is CCC(=O)N=c1cc(N)c2ncc3cc(C(=O)CCO)[nH]c1c32. The first-order valence-corrected chi connectivity index (χ1v) is 7.30. The van der Waals surface area contributed by atoms with E-state index in [9.17, 15) is 9.59 Å². The van der Waals surface area contributed by atoms with Gasteiger partial charge < -0.3 is 15.8 Å². The van der Waals surface area contributed by atoms with E-state index in [0.29, 0.717) is 27.8 Å². The van der Waals surface area contributed by atoms with Crippen molar-refractivity contribution in [1.82, 2.24) is 9.97 Å². The number of carbonyl (C=O) groups is 2. The number of rotatable bonds is 4. The monoisotopic (exact) mass is 312 g/mol. The predicted octanol–water partition coefficient (Wildman–Crippen LogP) is 1.14. The Hall–Kier alpha value is -2.80. The normalized spacial score (nSPS) is 12.3. The second-order valence-corrected chi connectivity index (χ2v) is 5.24. The van der Waals surface area contributed by atoms with E-state index < -0.39 is 0 Å². The molecule has 0 fully saturated rings. The summed E-state index contributed by atoms with van der Waals surface area (Å²) in [6.07, 6.45) is 1.92. The number of aliphatic hydroxyl groups is 1. The second-order valence-electron chi connectivity index (χ2n) is 5.24. The van der Waals surface area contributed by atoms with Gasteiger partial charge in [0.2, 0.25) is 5.91 Å². The van der Waals surface area contributed by atoms with E-state index in [2.05, 4.69) is 15.0 Å². The molecule has 0 aliphatic carbocycles. The number of H-pyrrole nitrogens is 1. The van der Waals surface area contributed by atoms with Crippen molar-refractivity contribution < 1.29 is 14.7 Å². The van der Waals surface area contributed by atoms with E-state index in [-0.39, 0.29) is 31.1 Å². The minimum atomic E-state index is -0.277. The van der Waals surface area contributed by atoms with Gasteiger partial charge >= 0.3 is 0 Å². The third kappa shape index (κ3) is 2.55. The fourth-order valence-electron chi connectivity index (χ4n) is 2.55. The fourth-order valence-corrected chi connectivity index (χ4v) is 2.55. The summed E-state index contributed by atoms with van der Waals surface area (Å²) in [5.41, 5.74) is 7.92. The number of carbonyl (C=O) groups excluding carboxylic acids is 2. The van der Waals surface area contributed by atoms with E-state index in [1.807, 2.05) is 0 Å². The number of anilines is 1. The molecule has 118 valence electrons. The first-order chi connectivity index (χ1) is 11.0. The number of ketones is 1. The topological polar surface area (TPSA) is 121 Å². The number of amides is 1. The standard InChI is InChI=1S/C16H16N4O3/c1-2-13(23)19-11-6-9(17)15-14-8(7-18-15)5-10(20-16(11)14)12(22)3-4-21/h5-7,20-21H,2-4,17H2,1H3. The molecule has 2 aromatic heterocycles. The van der Waals surface area contributed by atoms with Gasteiger partial charge in [-0.2, -0.15) is 0 Å². The highest BCUT2D eigenvalue weighted by Crippen LogP contribution is 2.27. The summed E-state index contributed by atoms with van der Waals surface area (Å²) >= 11 is 0. The molecule has 0 saturated heterocycles. The van der Waals surface area contributed by atoms with Crippen molar-refractivity contribution in [3.8, 4) is 0 Å². The molecule has 1 amide bonds. The molecule has 0 aliphatic rings. The number of nitrogens with one attached hydrogen (secondary N) is 1. The van der Waals surface area contributed by atoms with Gasteiger partial charge in [0, 0.05) is 29.8 Å². The molecule has 3 rings (SSSR count). The molecule has 0 aliphatic heterocycles. The maximum Gasteiger partial charge on any atom is 0.246 e. The number of Topliss-reactive ketones (excluding diaryl/α,β-unsaturated/α-hetero) is 1. The van der Waals surface area contributed by atoms with E-state index in [1.165, 1.54) is 0 Å². The van der Waals surface area contributed by atoms with Gasteiger partial charge in [-0.25, -0.2) is 4.99 Å². The van der Waals surface area contributed by atoms with Crippen molar-refractivity contribution in [3.05, 3.63) is 29.4 Å². The number of nitrogen functional groups attached to an aromatic ring is 1. The summed E-state index contributed by atoms with van der Waals surface area (Å²) in [4.78, 5) is 35.1. The quantitative estimate of drug-likeness (QED) is 0.492. The van der Waals surface area contributed by atoms with Crippen molar-refractivity contribution in [3.63, 3.8) is 0 Å². The molecule has 23 heavy (non-hydrogen) atoms. The lowest BCUT2D eigenvalue weighted by molar-refractivity contribution is -0.117. The van der Waals surface area contributed by atoms with Crippen molar-refractivity contribution in [2.24, 2.45) is 4.99 Å². The van der Waals surface area contributed by atoms with Crippen LogP contribution in [0.5, 0.6) is 0 Å². The Kier molecular flexibility index (Phi) is 3.79. The number of benzene rings is 1. The highest BCUT2D eigenvalue weighted by atomic mass is 16.3. The number of aromatic amines is 1. The van der Waals surface area contributed by atoms with Gasteiger partial charge in [-0.3, -0.25) is 14.6 Å². The van der Waals surface area contributed by atoms with E-state index in [4.69, 9.17) is 10.8 Å². The average Bonchev–Trinajstić information content (AvgIpc) is 2.97. The number of nitrogens with two attached hydrogens (primary N) is 1. The van der Waals surface area contributed by atoms with Crippen LogP contribution in [0.15, 0.2) is 23.3 Å². The summed E-state index contributed by atoms with van der Waals surface area (Å²) in [7, 11) is 0. The van der Waals surface area contributed by atoms with Crippen molar-refractivity contribution in [1.29, 1.82) is 0 Å². The number of pyridine rings is 1. The molecule has 4 N–H and O–H groups in total. The Labute approximate surface area is 131 Å². The lowest BCUT2D eigenvalue weighted by atomic mass is 10.1. The zero-order valence-electron chi connectivity index (χ0n) is 12.6. The van der Waals surface area contributed by atoms with Crippen LogP contribution in [0.3, 0.4) is 0 Å². The van der Waals surface area contributed by atoms with Crippen LogP contribution >= 0.6 is 0 Å². The van der Waals surface area contributed by atoms with Gasteiger partial charge in [0.1, 0.15) is 0 Å². The lowest BCUT2D eigenvalue weighted by Gasteiger charge is -2.06. The maximum atomic E-state index is 12.1. The van der Waals surface area contributed by atoms with Crippen LogP contribution in [0.4, 0.5) is 5.69 Å². The Morgan fingerprint density at radius 2 is 2.17 bits per heavy atom. The minimum absolute atomic E-state index is 0.0147. The van der Waals surface area contributed by atoms with Crippen LogP contribution in [-0.2, 0) is 4.79 Å². The minimum Gasteiger partial charge on any atom is -0.397 e. The second kappa shape index (κ2) is 5.77. The smallest absolute Gasteiger partial charge is 0.246 e. The number of hydrogen-bond acceptors (Lipinski definition) is 5. The van der Waals surface area contributed by atoms with Crippen molar-refractivity contribution in [2.75, 3.05) is 12.3 Å². The van der Waals surface area contributed by atoms with Gasteiger partial charge in [0.15, 0.2) is 5.78 Å².